The molecule has 1 aromatic carbocycles. The number of nitrogens with one attached hydrogen (secondary N) is 1. The monoisotopic (exact) mass is 484 g/mol. The van der Waals surface area contributed by atoms with Crippen LogP contribution in [0, 0.1) is 0 Å². The number of hydrogen-bond donors (Lipinski definition) is 1. The maximum atomic E-state index is 12.9. The van der Waals surface area contributed by atoms with Crippen molar-refractivity contribution in [3.63, 3.8) is 0 Å². The van der Waals surface area contributed by atoms with Gasteiger partial charge in [-0.05, 0) is 71.2 Å². The molecule has 0 saturated carbocycles. The smallest absolute Gasteiger partial charge is 0.262 e. The number of ether oxygens (including phenoxy) is 1. The third-order valence-corrected chi connectivity index (χ3v) is 7.12. The summed E-state index contributed by atoms with van der Waals surface area (Å²) in [5, 5.41) is 2.20. The van der Waals surface area contributed by atoms with Gasteiger partial charge in [0.1, 0.15) is 11.8 Å². The van der Waals surface area contributed by atoms with Crippen molar-refractivity contribution in [2.24, 2.45) is 0 Å². The Hall–Kier alpha value is -2.78. The van der Waals surface area contributed by atoms with E-state index in [1.165, 1.54) is 0 Å². The molecule has 1 atom stereocenters. The van der Waals surface area contributed by atoms with Crippen LogP contribution in [0.1, 0.15) is 73.6 Å². The molecule has 4 rings (SSSR count). The number of imide groups is 2. The van der Waals surface area contributed by atoms with E-state index in [-0.39, 0.29) is 35.4 Å². The van der Waals surface area contributed by atoms with Crippen LogP contribution in [0.3, 0.4) is 0 Å². The van der Waals surface area contributed by atoms with Crippen molar-refractivity contribution >= 4 is 23.6 Å². The number of piperidine rings is 1. The number of nitrogens with zero attached hydrogens (tertiary/aromatic N) is 3. The molecule has 190 valence electrons. The maximum Gasteiger partial charge on any atom is 0.262 e. The Balaban J connectivity index is 1.20. The minimum Gasteiger partial charge on any atom is -0.494 e. The summed E-state index contributed by atoms with van der Waals surface area (Å²) >= 11 is 0. The second-order valence-corrected chi connectivity index (χ2v) is 10.6. The van der Waals surface area contributed by atoms with Gasteiger partial charge >= 0.3 is 0 Å². The van der Waals surface area contributed by atoms with Crippen LogP contribution >= 0.6 is 0 Å². The molecule has 1 aromatic rings. The van der Waals surface area contributed by atoms with E-state index in [9.17, 15) is 19.2 Å². The Labute approximate surface area is 206 Å². The highest BCUT2D eigenvalue weighted by molar-refractivity contribution is 6.23. The van der Waals surface area contributed by atoms with Gasteiger partial charge in [0.25, 0.3) is 11.8 Å². The Kier molecular flexibility index (Phi) is 7.56. The molecule has 4 amide bonds. The molecule has 0 aromatic heterocycles. The molecule has 0 bridgehead atoms. The SMILES string of the molecule is CC(C)(C)N1CCN(CCCCCOc2ccc3c(c2)C(=O)N(C2CCC(=O)NC2=O)C3=O)CC1. The summed E-state index contributed by atoms with van der Waals surface area (Å²) in [6, 6.07) is 3.89. The largest absolute Gasteiger partial charge is 0.494 e. The molecule has 35 heavy (non-hydrogen) atoms. The lowest BCUT2D eigenvalue weighted by Crippen LogP contribution is -2.54. The van der Waals surface area contributed by atoms with Gasteiger partial charge < -0.3 is 9.64 Å². The van der Waals surface area contributed by atoms with Crippen LogP contribution in [0.15, 0.2) is 18.2 Å². The first-order valence-corrected chi connectivity index (χ1v) is 12.6. The van der Waals surface area contributed by atoms with E-state index in [0.717, 1.165) is 56.9 Å². The van der Waals surface area contributed by atoms with E-state index < -0.39 is 23.8 Å². The van der Waals surface area contributed by atoms with Crippen LogP contribution in [-0.4, -0.2) is 89.2 Å². The van der Waals surface area contributed by atoms with Gasteiger partial charge in [-0.2, -0.15) is 0 Å². The van der Waals surface area contributed by atoms with E-state index in [4.69, 9.17) is 4.74 Å². The fourth-order valence-corrected chi connectivity index (χ4v) is 4.99. The number of benzene rings is 1. The molecular formula is C26H36N4O5. The number of unbranched alkanes of at least 4 members (excludes halogenated alkanes) is 2. The van der Waals surface area contributed by atoms with E-state index >= 15 is 0 Å². The first kappa shape index (κ1) is 25.3. The van der Waals surface area contributed by atoms with Crippen LogP contribution in [0.2, 0.25) is 0 Å². The van der Waals surface area contributed by atoms with Crippen molar-refractivity contribution in [2.45, 2.75) is 64.5 Å². The lowest BCUT2D eigenvalue weighted by atomic mass is 10.0. The lowest BCUT2D eigenvalue weighted by molar-refractivity contribution is -0.136. The number of carbonyl (C=O) groups excluding carboxylic acids is 4. The van der Waals surface area contributed by atoms with Crippen molar-refractivity contribution < 1.29 is 23.9 Å². The fourth-order valence-electron chi connectivity index (χ4n) is 4.99. The molecule has 3 aliphatic heterocycles. The van der Waals surface area contributed by atoms with E-state index in [1.54, 1.807) is 18.2 Å². The van der Waals surface area contributed by atoms with Crippen LogP contribution < -0.4 is 10.1 Å². The quantitative estimate of drug-likeness (QED) is 0.445. The number of hydrogen-bond acceptors (Lipinski definition) is 7. The van der Waals surface area contributed by atoms with Gasteiger partial charge in [-0.1, -0.05) is 0 Å². The molecule has 1 N–H and O–H groups in total. The molecule has 0 aliphatic carbocycles. The van der Waals surface area contributed by atoms with Crippen LogP contribution in [0.25, 0.3) is 0 Å². The highest BCUT2D eigenvalue weighted by atomic mass is 16.5. The zero-order chi connectivity index (χ0) is 25.2. The summed E-state index contributed by atoms with van der Waals surface area (Å²) in [7, 11) is 0. The average Bonchev–Trinajstić information content (AvgIpc) is 3.05. The van der Waals surface area contributed by atoms with Crippen LogP contribution in [-0.2, 0) is 9.59 Å². The molecule has 3 aliphatic rings. The van der Waals surface area contributed by atoms with Gasteiger partial charge in [-0.3, -0.25) is 34.3 Å². The average molecular weight is 485 g/mol. The predicted molar refractivity (Wildman–Crippen MR) is 130 cm³/mol. The van der Waals surface area contributed by atoms with Crippen LogP contribution in [0.5, 0.6) is 5.75 Å². The second-order valence-electron chi connectivity index (χ2n) is 10.6. The van der Waals surface area contributed by atoms with Crippen molar-refractivity contribution in [3.05, 3.63) is 29.3 Å². The van der Waals surface area contributed by atoms with Crippen molar-refractivity contribution in [3.8, 4) is 5.75 Å². The minimum atomic E-state index is -0.957. The first-order chi connectivity index (χ1) is 16.6. The highest BCUT2D eigenvalue weighted by Crippen LogP contribution is 2.30. The third-order valence-electron chi connectivity index (χ3n) is 7.12. The minimum absolute atomic E-state index is 0.102. The van der Waals surface area contributed by atoms with Gasteiger partial charge in [-0.25, -0.2) is 0 Å². The first-order valence-electron chi connectivity index (χ1n) is 12.6. The molecular weight excluding hydrogens is 448 g/mol. The summed E-state index contributed by atoms with van der Waals surface area (Å²) in [6.07, 6.45) is 3.34. The molecule has 0 spiro atoms. The molecule has 9 heteroatoms. The van der Waals surface area contributed by atoms with Gasteiger partial charge in [0.05, 0.1) is 17.7 Å². The zero-order valence-corrected chi connectivity index (χ0v) is 21.0. The lowest BCUT2D eigenvalue weighted by Gasteiger charge is -2.42. The third kappa shape index (κ3) is 5.73. The van der Waals surface area contributed by atoms with Gasteiger partial charge in [0.2, 0.25) is 11.8 Å². The fraction of sp³-hybridized carbons (Fsp3) is 0.615. The summed E-state index contributed by atoms with van der Waals surface area (Å²) in [4.78, 5) is 55.3. The van der Waals surface area contributed by atoms with Crippen molar-refractivity contribution in [2.75, 3.05) is 39.3 Å². The van der Waals surface area contributed by atoms with Gasteiger partial charge in [0, 0.05) is 38.1 Å². The van der Waals surface area contributed by atoms with E-state index in [2.05, 4.69) is 35.9 Å². The molecule has 9 nitrogen and oxygen atoms in total. The maximum absolute atomic E-state index is 12.9. The Morgan fingerprint density at radius 3 is 2.34 bits per heavy atom. The normalized spacial score (nSPS) is 21.9. The molecule has 0 radical (unpaired) electrons. The Morgan fingerprint density at radius 1 is 0.943 bits per heavy atom. The molecule has 3 heterocycles. The summed E-state index contributed by atoms with van der Waals surface area (Å²) in [5.74, 6) is -1.48. The van der Waals surface area contributed by atoms with E-state index in [1.807, 2.05) is 0 Å². The molecule has 2 saturated heterocycles. The Bertz CT molecular complexity index is 994. The van der Waals surface area contributed by atoms with Crippen molar-refractivity contribution in [1.29, 1.82) is 0 Å². The topological polar surface area (TPSA) is 99.3 Å². The standard InChI is InChI=1S/C26H36N4O5/c1-26(2,3)29-14-12-28(13-15-29)11-5-4-6-16-35-18-7-8-19-20(17-18)25(34)30(24(19)33)21-9-10-22(31)27-23(21)32/h7-8,17,21H,4-6,9-16H2,1-3H3,(H,27,31,32). The summed E-state index contributed by atoms with van der Waals surface area (Å²) in [5.41, 5.74) is 0.743. The number of carbonyl (C=O) groups is 4. The summed E-state index contributed by atoms with van der Waals surface area (Å²) < 4.78 is 5.85. The zero-order valence-electron chi connectivity index (χ0n) is 21.0. The molecule has 1 unspecified atom stereocenters. The number of piperazine rings is 1. The predicted octanol–water partition coefficient (Wildman–Crippen LogP) is 2.05. The Morgan fingerprint density at radius 2 is 1.66 bits per heavy atom. The number of fused-ring (bicyclic) bond motifs is 1. The van der Waals surface area contributed by atoms with Gasteiger partial charge in [-0.15, -0.1) is 0 Å². The molecule has 2 fully saturated rings. The van der Waals surface area contributed by atoms with E-state index in [0.29, 0.717) is 12.4 Å². The number of rotatable bonds is 8. The second kappa shape index (κ2) is 10.5. The van der Waals surface area contributed by atoms with Gasteiger partial charge in [0.15, 0.2) is 0 Å². The number of amides is 4. The highest BCUT2D eigenvalue weighted by Gasteiger charge is 2.44. The van der Waals surface area contributed by atoms with Crippen LogP contribution in [0.4, 0.5) is 0 Å². The van der Waals surface area contributed by atoms with Crippen molar-refractivity contribution in [1.82, 2.24) is 20.0 Å². The summed E-state index contributed by atoms with van der Waals surface area (Å²) in [6.45, 7) is 12.9.